The summed E-state index contributed by atoms with van der Waals surface area (Å²) in [6.07, 6.45) is 1.83. The lowest BCUT2D eigenvalue weighted by Gasteiger charge is -2.30. The van der Waals surface area contributed by atoms with Gasteiger partial charge >= 0.3 is 5.97 Å². The number of pyridine rings is 1. The van der Waals surface area contributed by atoms with Gasteiger partial charge < -0.3 is 14.2 Å². The number of fused-ring (bicyclic) bond motifs is 1. The van der Waals surface area contributed by atoms with Crippen molar-refractivity contribution in [2.75, 3.05) is 13.2 Å². The summed E-state index contributed by atoms with van der Waals surface area (Å²) in [6.45, 7) is 12.8. The predicted octanol–water partition coefficient (Wildman–Crippen LogP) is 7.03. The fourth-order valence-corrected chi connectivity index (χ4v) is 5.25. The highest BCUT2D eigenvalue weighted by atomic mass is 16.6. The third kappa shape index (κ3) is 4.22. The first kappa shape index (κ1) is 24.3. The minimum atomic E-state index is -0.882. The van der Waals surface area contributed by atoms with E-state index in [0.717, 1.165) is 56.1 Å². The molecule has 5 nitrogen and oxygen atoms in total. The second-order valence-electron chi connectivity index (χ2n) is 10.4. The van der Waals surface area contributed by atoms with Gasteiger partial charge in [0.2, 0.25) is 0 Å². The number of carbonyl (C=O) groups is 1. The Morgan fingerprint density at radius 2 is 1.89 bits per heavy atom. The summed E-state index contributed by atoms with van der Waals surface area (Å²) >= 11 is 0. The van der Waals surface area contributed by atoms with Gasteiger partial charge in [0.25, 0.3) is 0 Å². The standard InChI is InChI=1S/C31H33NO4/c1-7-34-30(33)29(36-31(4,5)6)25-19(3)17-23-18(2)9-8-10-21(23)27(25)22-11-12-24-26-20(14-16-35-24)13-15-32-28(22)26/h8-13,15,17,29H,7,14,16H2,1-6H3/t29-/m0/s1. The lowest BCUT2D eigenvalue weighted by molar-refractivity contribution is -0.166. The number of hydrogen-bond acceptors (Lipinski definition) is 5. The minimum absolute atomic E-state index is 0.282. The maximum atomic E-state index is 13.4. The molecule has 1 atom stereocenters. The largest absolute Gasteiger partial charge is 0.493 e. The molecule has 1 aliphatic rings. The molecule has 4 aromatic rings. The van der Waals surface area contributed by atoms with Crippen molar-refractivity contribution in [3.63, 3.8) is 0 Å². The SMILES string of the molecule is CCOC(=O)[C@@H](OC(C)(C)C)c1c(C)cc2c(C)cccc2c1-c1ccc2c3c(ccnc13)CCO2. The van der Waals surface area contributed by atoms with E-state index in [4.69, 9.17) is 19.2 Å². The number of nitrogens with zero attached hydrogens (tertiary/aromatic N) is 1. The molecule has 0 spiro atoms. The van der Waals surface area contributed by atoms with Crippen LogP contribution in [-0.4, -0.2) is 29.8 Å². The molecule has 2 heterocycles. The Labute approximate surface area is 212 Å². The van der Waals surface area contributed by atoms with Crippen LogP contribution >= 0.6 is 0 Å². The summed E-state index contributed by atoms with van der Waals surface area (Å²) in [4.78, 5) is 18.2. The molecule has 5 heteroatoms. The normalized spacial score (nSPS) is 14.1. The Morgan fingerprint density at radius 1 is 1.08 bits per heavy atom. The van der Waals surface area contributed by atoms with Gasteiger partial charge in [-0.3, -0.25) is 4.98 Å². The van der Waals surface area contributed by atoms with Crippen molar-refractivity contribution < 1.29 is 19.0 Å². The molecule has 3 aromatic carbocycles. The van der Waals surface area contributed by atoms with Crippen LogP contribution in [0, 0.1) is 13.8 Å². The summed E-state index contributed by atoms with van der Waals surface area (Å²) in [5, 5.41) is 3.24. The van der Waals surface area contributed by atoms with Crippen LogP contribution in [0.1, 0.15) is 56.1 Å². The fourth-order valence-electron chi connectivity index (χ4n) is 5.25. The Balaban J connectivity index is 1.91. The quantitative estimate of drug-likeness (QED) is 0.285. The molecule has 0 fully saturated rings. The first-order valence-electron chi connectivity index (χ1n) is 12.6. The molecule has 0 N–H and O–H groups in total. The first-order chi connectivity index (χ1) is 17.2. The summed E-state index contributed by atoms with van der Waals surface area (Å²) in [7, 11) is 0. The molecule has 0 aliphatic carbocycles. The van der Waals surface area contributed by atoms with Crippen LogP contribution < -0.4 is 4.74 Å². The van der Waals surface area contributed by atoms with Crippen molar-refractivity contribution in [2.24, 2.45) is 0 Å². The summed E-state index contributed by atoms with van der Waals surface area (Å²) in [5.41, 5.74) is 6.43. The highest BCUT2D eigenvalue weighted by Crippen LogP contribution is 2.45. The van der Waals surface area contributed by atoms with Crippen LogP contribution in [0.4, 0.5) is 0 Å². The third-order valence-electron chi connectivity index (χ3n) is 6.72. The average Bonchev–Trinajstić information content (AvgIpc) is 2.83. The van der Waals surface area contributed by atoms with Crippen LogP contribution in [0.25, 0.3) is 32.8 Å². The van der Waals surface area contributed by atoms with Crippen molar-refractivity contribution in [2.45, 2.75) is 59.7 Å². The van der Waals surface area contributed by atoms with Crippen molar-refractivity contribution in [1.29, 1.82) is 0 Å². The first-order valence-corrected chi connectivity index (χ1v) is 12.6. The van der Waals surface area contributed by atoms with E-state index in [1.807, 2.05) is 46.9 Å². The van der Waals surface area contributed by atoms with Crippen LogP contribution in [0.3, 0.4) is 0 Å². The molecule has 0 radical (unpaired) electrons. The molecular formula is C31H33NO4. The van der Waals surface area contributed by atoms with Crippen LogP contribution in [0.5, 0.6) is 5.75 Å². The minimum Gasteiger partial charge on any atom is -0.493 e. The van der Waals surface area contributed by atoms with Crippen LogP contribution in [-0.2, 0) is 20.7 Å². The van der Waals surface area contributed by atoms with Gasteiger partial charge in [0.05, 0.1) is 24.3 Å². The Hall–Kier alpha value is -3.44. The zero-order chi connectivity index (χ0) is 25.6. The molecule has 0 saturated heterocycles. The predicted molar refractivity (Wildman–Crippen MR) is 144 cm³/mol. The lowest BCUT2D eigenvalue weighted by Crippen LogP contribution is -2.29. The van der Waals surface area contributed by atoms with Crippen molar-refractivity contribution in [3.05, 3.63) is 70.9 Å². The maximum Gasteiger partial charge on any atom is 0.339 e. The number of aryl methyl sites for hydroxylation is 2. The summed E-state index contributed by atoms with van der Waals surface area (Å²) < 4.78 is 18.0. The highest BCUT2D eigenvalue weighted by molar-refractivity contribution is 6.09. The number of ether oxygens (including phenoxy) is 3. The van der Waals surface area contributed by atoms with E-state index < -0.39 is 11.7 Å². The fraction of sp³-hybridized carbons (Fsp3) is 0.355. The molecule has 36 heavy (non-hydrogen) atoms. The number of carbonyl (C=O) groups excluding carboxylic acids is 1. The summed E-state index contributed by atoms with van der Waals surface area (Å²) in [5.74, 6) is 0.466. The van der Waals surface area contributed by atoms with Gasteiger partial charge in [-0.05, 0) is 92.8 Å². The number of benzene rings is 3. The van der Waals surface area contributed by atoms with E-state index in [9.17, 15) is 4.79 Å². The molecule has 1 aromatic heterocycles. The van der Waals surface area contributed by atoms with Gasteiger partial charge in [-0.25, -0.2) is 4.79 Å². The molecular weight excluding hydrogens is 450 g/mol. The average molecular weight is 484 g/mol. The third-order valence-corrected chi connectivity index (χ3v) is 6.72. The Kier molecular flexibility index (Phi) is 6.21. The monoisotopic (exact) mass is 483 g/mol. The molecule has 0 bridgehead atoms. The van der Waals surface area contributed by atoms with Crippen molar-refractivity contribution in [3.8, 4) is 16.9 Å². The number of esters is 1. The molecule has 1 aliphatic heterocycles. The zero-order valence-corrected chi connectivity index (χ0v) is 21.9. The topological polar surface area (TPSA) is 57.7 Å². The van der Waals surface area contributed by atoms with Gasteiger partial charge in [0.15, 0.2) is 6.10 Å². The van der Waals surface area contributed by atoms with Gasteiger partial charge in [0, 0.05) is 29.1 Å². The van der Waals surface area contributed by atoms with E-state index in [0.29, 0.717) is 6.61 Å². The molecule has 5 rings (SSSR count). The van der Waals surface area contributed by atoms with Crippen molar-refractivity contribution in [1.82, 2.24) is 4.98 Å². The van der Waals surface area contributed by atoms with E-state index >= 15 is 0 Å². The molecule has 0 saturated carbocycles. The Morgan fingerprint density at radius 3 is 2.64 bits per heavy atom. The maximum absolute atomic E-state index is 13.4. The van der Waals surface area contributed by atoms with E-state index in [1.54, 1.807) is 0 Å². The highest BCUT2D eigenvalue weighted by Gasteiger charge is 2.33. The molecule has 0 unspecified atom stereocenters. The van der Waals surface area contributed by atoms with Crippen LogP contribution in [0.2, 0.25) is 0 Å². The van der Waals surface area contributed by atoms with E-state index in [2.05, 4.69) is 43.3 Å². The van der Waals surface area contributed by atoms with E-state index in [1.165, 1.54) is 11.1 Å². The van der Waals surface area contributed by atoms with Crippen LogP contribution in [0.15, 0.2) is 48.7 Å². The zero-order valence-electron chi connectivity index (χ0n) is 21.9. The number of aromatic nitrogens is 1. The molecule has 0 amide bonds. The van der Waals surface area contributed by atoms with Gasteiger partial charge in [-0.1, -0.05) is 24.3 Å². The second-order valence-corrected chi connectivity index (χ2v) is 10.4. The Bertz CT molecular complexity index is 1470. The van der Waals surface area contributed by atoms with Gasteiger partial charge in [-0.15, -0.1) is 0 Å². The number of rotatable bonds is 5. The lowest BCUT2D eigenvalue weighted by atomic mass is 9.84. The summed E-state index contributed by atoms with van der Waals surface area (Å²) in [6, 6.07) is 14.6. The molecule has 186 valence electrons. The van der Waals surface area contributed by atoms with Gasteiger partial charge in [-0.2, -0.15) is 0 Å². The number of hydrogen-bond donors (Lipinski definition) is 0. The second kappa shape index (κ2) is 9.21. The van der Waals surface area contributed by atoms with E-state index in [-0.39, 0.29) is 12.6 Å². The van der Waals surface area contributed by atoms with Gasteiger partial charge in [0.1, 0.15) is 5.75 Å². The van der Waals surface area contributed by atoms with Crippen molar-refractivity contribution >= 4 is 27.6 Å². The smallest absolute Gasteiger partial charge is 0.339 e.